The quantitative estimate of drug-likeness (QED) is 0.318. The largest absolute Gasteiger partial charge is 0.508 e. The highest BCUT2D eigenvalue weighted by Crippen LogP contribution is 2.47. The van der Waals surface area contributed by atoms with E-state index in [2.05, 4.69) is 6.92 Å². The predicted molar refractivity (Wildman–Crippen MR) is 110 cm³/mol. The molecule has 7 heteroatoms. The highest BCUT2D eigenvalue weighted by molar-refractivity contribution is 5.83. The average Bonchev–Trinajstić information content (AvgIpc) is 2.70. The summed E-state index contributed by atoms with van der Waals surface area (Å²) in [4.78, 5) is 13.1. The SMILES string of the molecule is CCCCCCCC(=O)[C@@H]1Cc2c(O)cc(O)cc2O[C@@H]1c1cc(O)c(O)c(O)c1. The van der Waals surface area contributed by atoms with E-state index >= 15 is 0 Å². The molecule has 0 radical (unpaired) electrons. The number of rotatable bonds is 8. The Bertz CT molecular complexity index is 899. The van der Waals surface area contributed by atoms with Crippen molar-refractivity contribution >= 4 is 5.78 Å². The maximum Gasteiger partial charge on any atom is 0.200 e. The third-order valence-corrected chi connectivity index (χ3v) is 5.57. The highest BCUT2D eigenvalue weighted by atomic mass is 16.5. The van der Waals surface area contributed by atoms with Gasteiger partial charge >= 0.3 is 0 Å². The molecular weight excluding hydrogens is 388 g/mol. The first-order valence-corrected chi connectivity index (χ1v) is 10.3. The zero-order valence-electron chi connectivity index (χ0n) is 17.0. The number of carbonyl (C=O) groups is 1. The van der Waals surface area contributed by atoms with Gasteiger partial charge in [-0.15, -0.1) is 0 Å². The van der Waals surface area contributed by atoms with Crippen molar-refractivity contribution in [2.24, 2.45) is 5.92 Å². The second kappa shape index (κ2) is 9.15. The molecule has 2 aromatic carbocycles. The maximum atomic E-state index is 13.1. The summed E-state index contributed by atoms with van der Waals surface area (Å²) in [6.07, 6.45) is 4.72. The fraction of sp³-hybridized carbons (Fsp3) is 0.435. The van der Waals surface area contributed by atoms with Crippen molar-refractivity contribution in [3.8, 4) is 34.5 Å². The summed E-state index contributed by atoms with van der Waals surface area (Å²) in [7, 11) is 0. The van der Waals surface area contributed by atoms with Gasteiger partial charge in [-0.3, -0.25) is 4.79 Å². The summed E-state index contributed by atoms with van der Waals surface area (Å²) >= 11 is 0. The molecule has 3 rings (SSSR count). The average molecular weight is 416 g/mol. The molecule has 0 saturated carbocycles. The molecule has 0 aliphatic carbocycles. The van der Waals surface area contributed by atoms with Crippen LogP contribution >= 0.6 is 0 Å². The van der Waals surface area contributed by atoms with Crippen molar-refractivity contribution in [1.82, 2.24) is 0 Å². The lowest BCUT2D eigenvalue weighted by atomic mass is 9.82. The first-order chi connectivity index (χ1) is 14.3. The van der Waals surface area contributed by atoms with Crippen LogP contribution < -0.4 is 4.74 Å². The van der Waals surface area contributed by atoms with E-state index in [1.54, 1.807) is 0 Å². The summed E-state index contributed by atoms with van der Waals surface area (Å²) in [5.74, 6) is -2.49. The van der Waals surface area contributed by atoms with Crippen LogP contribution in [0.4, 0.5) is 0 Å². The minimum Gasteiger partial charge on any atom is -0.508 e. The van der Waals surface area contributed by atoms with E-state index in [9.17, 15) is 30.3 Å². The van der Waals surface area contributed by atoms with Crippen LogP contribution in [-0.2, 0) is 11.2 Å². The number of phenols is 5. The molecule has 0 bridgehead atoms. The minimum atomic E-state index is -0.848. The van der Waals surface area contributed by atoms with Crippen molar-refractivity contribution in [1.29, 1.82) is 0 Å². The van der Waals surface area contributed by atoms with Crippen LogP contribution in [0.15, 0.2) is 24.3 Å². The van der Waals surface area contributed by atoms with Crippen LogP contribution in [0.2, 0.25) is 0 Å². The van der Waals surface area contributed by atoms with Crippen molar-refractivity contribution in [2.45, 2.75) is 58.0 Å². The molecule has 0 aromatic heterocycles. The lowest BCUT2D eigenvalue weighted by Gasteiger charge is -2.33. The van der Waals surface area contributed by atoms with Crippen LogP contribution in [0, 0.1) is 5.92 Å². The lowest BCUT2D eigenvalue weighted by molar-refractivity contribution is -0.126. The van der Waals surface area contributed by atoms with Crippen molar-refractivity contribution in [2.75, 3.05) is 0 Å². The topological polar surface area (TPSA) is 127 Å². The Labute approximate surface area is 175 Å². The number of benzene rings is 2. The van der Waals surface area contributed by atoms with Gasteiger partial charge in [0.15, 0.2) is 17.2 Å². The van der Waals surface area contributed by atoms with Gasteiger partial charge in [-0.25, -0.2) is 0 Å². The second-order valence-electron chi connectivity index (χ2n) is 7.83. The molecule has 162 valence electrons. The third kappa shape index (κ3) is 4.56. The van der Waals surface area contributed by atoms with Crippen molar-refractivity contribution in [3.63, 3.8) is 0 Å². The Hall–Kier alpha value is -3.09. The fourth-order valence-corrected chi connectivity index (χ4v) is 3.93. The first kappa shape index (κ1) is 21.6. The Morgan fingerprint density at radius 1 is 0.933 bits per heavy atom. The highest BCUT2D eigenvalue weighted by Gasteiger charge is 2.38. The van der Waals surface area contributed by atoms with Crippen LogP contribution in [-0.4, -0.2) is 31.3 Å². The molecule has 1 aliphatic heterocycles. The number of aromatic hydroxyl groups is 5. The zero-order valence-corrected chi connectivity index (χ0v) is 17.0. The van der Waals surface area contributed by atoms with E-state index in [-0.39, 0.29) is 29.5 Å². The van der Waals surface area contributed by atoms with Crippen LogP contribution in [0.5, 0.6) is 34.5 Å². The molecule has 2 aromatic rings. The summed E-state index contributed by atoms with van der Waals surface area (Å²) in [6.45, 7) is 2.12. The summed E-state index contributed by atoms with van der Waals surface area (Å²) in [5.41, 5.74) is 0.751. The molecule has 0 fully saturated rings. The molecule has 1 heterocycles. The molecule has 5 N–H and O–H groups in total. The Morgan fingerprint density at radius 3 is 2.27 bits per heavy atom. The summed E-state index contributed by atoms with van der Waals surface area (Å²) < 4.78 is 5.96. The molecule has 0 amide bonds. The number of hydrogen-bond acceptors (Lipinski definition) is 7. The number of fused-ring (bicyclic) bond motifs is 1. The molecule has 2 atom stereocenters. The fourth-order valence-electron chi connectivity index (χ4n) is 3.93. The Morgan fingerprint density at radius 2 is 1.60 bits per heavy atom. The van der Waals surface area contributed by atoms with Gasteiger partial charge in [0.2, 0.25) is 0 Å². The number of unbranched alkanes of at least 4 members (excludes halogenated alkanes) is 4. The van der Waals surface area contributed by atoms with E-state index in [1.807, 2.05) is 0 Å². The Kier molecular flexibility index (Phi) is 6.59. The smallest absolute Gasteiger partial charge is 0.200 e. The van der Waals surface area contributed by atoms with E-state index in [0.29, 0.717) is 17.5 Å². The van der Waals surface area contributed by atoms with E-state index < -0.39 is 29.3 Å². The summed E-state index contributed by atoms with van der Waals surface area (Å²) in [5, 5.41) is 49.5. The predicted octanol–water partition coefficient (Wildman–Crippen LogP) is 4.44. The molecule has 30 heavy (non-hydrogen) atoms. The van der Waals surface area contributed by atoms with E-state index in [4.69, 9.17) is 4.74 Å². The maximum absolute atomic E-state index is 13.1. The molecule has 0 unspecified atom stereocenters. The monoisotopic (exact) mass is 416 g/mol. The van der Waals surface area contributed by atoms with Gasteiger partial charge in [0.05, 0.1) is 5.92 Å². The lowest BCUT2D eigenvalue weighted by Crippen LogP contribution is -2.32. The standard InChI is InChI=1S/C23H28O7/c1-2-3-4-5-6-7-17(25)16-12-15-18(26)10-14(24)11-21(15)30-23(16)13-8-19(27)22(29)20(28)9-13/h8-11,16,23-24,26-29H,2-7,12H2,1H3/t16-,23+/m0/s1. The third-order valence-electron chi connectivity index (χ3n) is 5.57. The molecule has 0 spiro atoms. The molecular formula is C23H28O7. The molecule has 0 saturated heterocycles. The number of hydrogen-bond donors (Lipinski definition) is 5. The van der Waals surface area contributed by atoms with E-state index in [0.717, 1.165) is 32.1 Å². The molecule has 7 nitrogen and oxygen atoms in total. The van der Waals surface area contributed by atoms with Gasteiger partial charge in [-0.05, 0) is 25.0 Å². The van der Waals surface area contributed by atoms with Gasteiger partial charge < -0.3 is 30.3 Å². The van der Waals surface area contributed by atoms with Gasteiger partial charge in [0, 0.05) is 29.7 Å². The zero-order chi connectivity index (χ0) is 21.8. The van der Waals surface area contributed by atoms with Crippen molar-refractivity contribution in [3.05, 3.63) is 35.4 Å². The minimum absolute atomic E-state index is 0.0401. The number of ether oxygens (including phenoxy) is 1. The first-order valence-electron chi connectivity index (χ1n) is 10.3. The van der Waals surface area contributed by atoms with E-state index in [1.165, 1.54) is 24.3 Å². The second-order valence-corrected chi connectivity index (χ2v) is 7.83. The van der Waals surface area contributed by atoms with Crippen LogP contribution in [0.3, 0.4) is 0 Å². The summed E-state index contributed by atoms with van der Waals surface area (Å²) in [6, 6.07) is 5.05. The van der Waals surface area contributed by atoms with Gasteiger partial charge in [-0.1, -0.05) is 32.6 Å². The molecule has 1 aliphatic rings. The van der Waals surface area contributed by atoms with Gasteiger partial charge in [-0.2, -0.15) is 0 Å². The number of Topliss-reactive ketones (excluding diaryl/α,β-unsaturated/α-hetero) is 1. The normalized spacial score (nSPS) is 17.9. The number of phenolic OH excluding ortho intramolecular Hbond substituents is 5. The van der Waals surface area contributed by atoms with Crippen molar-refractivity contribution < 1.29 is 35.1 Å². The number of carbonyl (C=O) groups excluding carboxylic acids is 1. The van der Waals surface area contributed by atoms with Crippen LogP contribution in [0.25, 0.3) is 0 Å². The number of ketones is 1. The van der Waals surface area contributed by atoms with Gasteiger partial charge in [0.1, 0.15) is 29.1 Å². The Balaban J connectivity index is 1.91. The van der Waals surface area contributed by atoms with Gasteiger partial charge in [0.25, 0.3) is 0 Å². The van der Waals surface area contributed by atoms with Crippen LogP contribution in [0.1, 0.15) is 62.7 Å².